The first-order valence-corrected chi connectivity index (χ1v) is 7.80. The zero-order valence-electron chi connectivity index (χ0n) is 12.9. The molecule has 0 aromatic rings. The summed E-state index contributed by atoms with van der Waals surface area (Å²) in [4.78, 5) is 14.4. The van der Waals surface area contributed by atoms with Gasteiger partial charge in [0.05, 0.1) is 5.60 Å². The Bertz CT molecular complexity index is 354. The molecule has 2 aliphatic rings. The van der Waals surface area contributed by atoms with E-state index in [-0.39, 0.29) is 5.60 Å². The summed E-state index contributed by atoms with van der Waals surface area (Å²) in [5.41, 5.74) is -0.0998. The van der Waals surface area contributed by atoms with Crippen LogP contribution < -0.4 is 5.32 Å². The molecule has 1 N–H and O–H groups in total. The van der Waals surface area contributed by atoms with Crippen molar-refractivity contribution in [1.29, 1.82) is 0 Å². The average Bonchev–Trinajstić information content (AvgIpc) is 2.75. The van der Waals surface area contributed by atoms with E-state index in [2.05, 4.69) is 30.6 Å². The summed E-state index contributed by atoms with van der Waals surface area (Å²) in [6, 6.07) is 0.761. The number of amides is 1. The van der Waals surface area contributed by atoms with Gasteiger partial charge in [0, 0.05) is 31.7 Å². The van der Waals surface area contributed by atoms with E-state index in [9.17, 15) is 4.79 Å². The van der Waals surface area contributed by atoms with Crippen LogP contribution in [0.1, 0.15) is 46.0 Å². The van der Waals surface area contributed by atoms with Crippen molar-refractivity contribution in [1.82, 2.24) is 10.2 Å². The Morgan fingerprint density at radius 3 is 3.00 bits per heavy atom. The Morgan fingerprint density at radius 2 is 2.30 bits per heavy atom. The second-order valence-electron chi connectivity index (χ2n) is 6.53. The SMILES string of the molecule is C=CCNCCC1CCC(=O)N1C1CCOC(C)(C)C1. The maximum absolute atomic E-state index is 12.2. The molecule has 2 rings (SSSR count). The van der Waals surface area contributed by atoms with Crippen molar-refractivity contribution in [3.63, 3.8) is 0 Å². The van der Waals surface area contributed by atoms with Gasteiger partial charge >= 0.3 is 0 Å². The van der Waals surface area contributed by atoms with Crippen molar-refractivity contribution < 1.29 is 9.53 Å². The van der Waals surface area contributed by atoms with Crippen LogP contribution in [0.3, 0.4) is 0 Å². The van der Waals surface area contributed by atoms with Gasteiger partial charge in [-0.25, -0.2) is 0 Å². The first-order chi connectivity index (χ1) is 9.53. The van der Waals surface area contributed by atoms with Crippen molar-refractivity contribution in [2.24, 2.45) is 0 Å². The summed E-state index contributed by atoms with van der Waals surface area (Å²) >= 11 is 0. The van der Waals surface area contributed by atoms with Crippen LogP contribution in [0, 0.1) is 0 Å². The maximum Gasteiger partial charge on any atom is 0.223 e. The highest BCUT2D eigenvalue weighted by atomic mass is 16.5. The lowest BCUT2D eigenvalue weighted by Crippen LogP contribution is -2.49. The van der Waals surface area contributed by atoms with Crippen molar-refractivity contribution in [3.8, 4) is 0 Å². The highest BCUT2D eigenvalue weighted by molar-refractivity contribution is 5.79. The molecule has 2 saturated heterocycles. The number of carbonyl (C=O) groups is 1. The van der Waals surface area contributed by atoms with Gasteiger partial charge in [-0.1, -0.05) is 6.08 Å². The Balaban J connectivity index is 1.92. The standard InChI is InChI=1S/C16H28N2O2/c1-4-9-17-10-7-13-5-6-15(19)18(13)14-8-11-20-16(2,3)12-14/h4,13-14,17H,1,5-12H2,2-3H3. The summed E-state index contributed by atoms with van der Waals surface area (Å²) in [7, 11) is 0. The number of hydrogen-bond acceptors (Lipinski definition) is 3. The van der Waals surface area contributed by atoms with Crippen molar-refractivity contribution in [2.75, 3.05) is 19.7 Å². The summed E-state index contributed by atoms with van der Waals surface area (Å²) in [6.07, 6.45) is 6.56. The van der Waals surface area contributed by atoms with E-state index in [4.69, 9.17) is 4.74 Å². The maximum atomic E-state index is 12.2. The predicted molar refractivity (Wildman–Crippen MR) is 80.6 cm³/mol. The van der Waals surface area contributed by atoms with Crippen LogP contribution >= 0.6 is 0 Å². The molecule has 0 bridgehead atoms. The number of nitrogens with one attached hydrogen (secondary N) is 1. The molecular weight excluding hydrogens is 252 g/mol. The van der Waals surface area contributed by atoms with E-state index in [1.165, 1.54) is 0 Å². The lowest BCUT2D eigenvalue weighted by Gasteiger charge is -2.42. The molecule has 2 aliphatic heterocycles. The number of rotatable bonds is 6. The van der Waals surface area contributed by atoms with E-state index in [0.717, 1.165) is 45.4 Å². The van der Waals surface area contributed by atoms with E-state index < -0.39 is 0 Å². The first kappa shape index (κ1) is 15.5. The molecule has 4 heteroatoms. The third-order valence-corrected chi connectivity index (χ3v) is 4.38. The van der Waals surface area contributed by atoms with Crippen LogP contribution in [0.15, 0.2) is 12.7 Å². The Kier molecular flexibility index (Phi) is 5.22. The zero-order valence-corrected chi connectivity index (χ0v) is 12.9. The first-order valence-electron chi connectivity index (χ1n) is 7.80. The number of likely N-dealkylation sites (tertiary alicyclic amines) is 1. The number of hydrogen-bond donors (Lipinski definition) is 1. The van der Waals surface area contributed by atoms with E-state index in [1.807, 2.05) is 6.08 Å². The molecule has 2 atom stereocenters. The lowest BCUT2D eigenvalue weighted by atomic mass is 9.92. The molecule has 2 unspecified atom stereocenters. The van der Waals surface area contributed by atoms with Gasteiger partial charge in [0.2, 0.25) is 5.91 Å². The minimum atomic E-state index is -0.0998. The summed E-state index contributed by atoms with van der Waals surface area (Å²) in [5, 5.41) is 3.34. The van der Waals surface area contributed by atoms with Crippen LogP contribution in [0.25, 0.3) is 0 Å². The van der Waals surface area contributed by atoms with Crippen molar-refractivity contribution >= 4 is 5.91 Å². The normalized spacial score (nSPS) is 29.7. The van der Waals surface area contributed by atoms with Gasteiger partial charge in [-0.2, -0.15) is 0 Å². The molecular formula is C16H28N2O2. The fraction of sp³-hybridized carbons (Fsp3) is 0.812. The quantitative estimate of drug-likeness (QED) is 0.598. The van der Waals surface area contributed by atoms with Gasteiger partial charge in [-0.15, -0.1) is 6.58 Å². The number of nitrogens with zero attached hydrogens (tertiary/aromatic N) is 1. The largest absolute Gasteiger partial charge is 0.375 e. The molecule has 0 saturated carbocycles. The molecule has 2 fully saturated rings. The number of carbonyl (C=O) groups excluding carboxylic acids is 1. The van der Waals surface area contributed by atoms with Gasteiger partial charge < -0.3 is 15.0 Å². The van der Waals surface area contributed by atoms with Crippen LogP contribution in [0.4, 0.5) is 0 Å². The van der Waals surface area contributed by atoms with Crippen molar-refractivity contribution in [3.05, 3.63) is 12.7 Å². The van der Waals surface area contributed by atoms with Crippen LogP contribution in [-0.2, 0) is 9.53 Å². The molecule has 4 nitrogen and oxygen atoms in total. The van der Waals surface area contributed by atoms with E-state index in [0.29, 0.717) is 24.4 Å². The Morgan fingerprint density at radius 1 is 1.50 bits per heavy atom. The number of ether oxygens (including phenoxy) is 1. The Hall–Kier alpha value is -0.870. The van der Waals surface area contributed by atoms with Gasteiger partial charge in [0.15, 0.2) is 0 Å². The van der Waals surface area contributed by atoms with Gasteiger partial charge in [-0.05, 0) is 46.1 Å². The molecule has 2 heterocycles. The monoisotopic (exact) mass is 280 g/mol. The summed E-state index contributed by atoms with van der Waals surface area (Å²) in [5.74, 6) is 0.335. The zero-order chi connectivity index (χ0) is 14.6. The fourth-order valence-electron chi connectivity index (χ4n) is 3.46. The average molecular weight is 280 g/mol. The molecule has 1 amide bonds. The summed E-state index contributed by atoms with van der Waals surface area (Å²) < 4.78 is 5.78. The molecule has 0 aromatic carbocycles. The van der Waals surface area contributed by atoms with Crippen LogP contribution in [-0.4, -0.2) is 48.2 Å². The van der Waals surface area contributed by atoms with Gasteiger partial charge in [0.25, 0.3) is 0 Å². The highest BCUT2D eigenvalue weighted by Crippen LogP contribution is 2.33. The highest BCUT2D eigenvalue weighted by Gasteiger charge is 2.40. The van der Waals surface area contributed by atoms with Crippen LogP contribution in [0.5, 0.6) is 0 Å². The van der Waals surface area contributed by atoms with Crippen molar-refractivity contribution in [2.45, 2.75) is 63.6 Å². The predicted octanol–water partition coefficient (Wildman–Crippen LogP) is 2.10. The molecule has 0 aliphatic carbocycles. The third kappa shape index (κ3) is 3.83. The van der Waals surface area contributed by atoms with Gasteiger partial charge in [0.1, 0.15) is 0 Å². The smallest absolute Gasteiger partial charge is 0.223 e. The van der Waals surface area contributed by atoms with Gasteiger partial charge in [-0.3, -0.25) is 4.79 Å². The molecule has 0 radical (unpaired) electrons. The third-order valence-electron chi connectivity index (χ3n) is 4.38. The molecule has 20 heavy (non-hydrogen) atoms. The second kappa shape index (κ2) is 6.72. The molecule has 0 aromatic heterocycles. The minimum Gasteiger partial charge on any atom is -0.375 e. The molecule has 0 spiro atoms. The lowest BCUT2D eigenvalue weighted by molar-refractivity contribution is -0.138. The van der Waals surface area contributed by atoms with E-state index >= 15 is 0 Å². The molecule has 114 valence electrons. The van der Waals surface area contributed by atoms with Crippen LogP contribution in [0.2, 0.25) is 0 Å². The Labute approximate surface area is 122 Å². The topological polar surface area (TPSA) is 41.6 Å². The van der Waals surface area contributed by atoms with E-state index in [1.54, 1.807) is 0 Å². The summed E-state index contributed by atoms with van der Waals surface area (Å²) in [6.45, 7) is 10.5. The second-order valence-corrected chi connectivity index (χ2v) is 6.53. The fourth-order valence-corrected chi connectivity index (χ4v) is 3.46. The minimum absolute atomic E-state index is 0.0998.